The van der Waals surface area contributed by atoms with Crippen molar-refractivity contribution >= 4 is 29.1 Å². The van der Waals surface area contributed by atoms with Crippen LogP contribution in [-0.2, 0) is 0 Å². The smallest absolute Gasteiger partial charge is 0.273 e. The summed E-state index contributed by atoms with van der Waals surface area (Å²) in [6.45, 7) is 2.85. The molecule has 2 rings (SSSR count). The summed E-state index contributed by atoms with van der Waals surface area (Å²) >= 11 is 5.07. The summed E-state index contributed by atoms with van der Waals surface area (Å²) in [7, 11) is 1.48. The Morgan fingerprint density at radius 2 is 1.61 bits per heavy atom. The van der Waals surface area contributed by atoms with Gasteiger partial charge < -0.3 is 9.47 Å². The zero-order valence-corrected chi connectivity index (χ0v) is 18.7. The van der Waals surface area contributed by atoms with Gasteiger partial charge in [0, 0.05) is 5.56 Å². The summed E-state index contributed by atoms with van der Waals surface area (Å²) in [5.41, 5.74) is 5.72. The fraction of sp³-hybridized carbons (Fsp3) is 0.348. The van der Waals surface area contributed by atoms with E-state index in [4.69, 9.17) is 21.7 Å². The van der Waals surface area contributed by atoms with E-state index >= 15 is 0 Å². The molecule has 0 heterocycles. The van der Waals surface area contributed by atoms with Gasteiger partial charge in [0.05, 0.1) is 19.3 Å². The zero-order valence-electron chi connectivity index (χ0n) is 17.9. The van der Waals surface area contributed by atoms with E-state index < -0.39 is 11.8 Å². The van der Waals surface area contributed by atoms with Crippen LogP contribution in [-0.4, -0.2) is 30.6 Å². The molecular formula is C23H29N3O4S. The van der Waals surface area contributed by atoms with Gasteiger partial charge in [-0.15, -0.1) is 0 Å². The van der Waals surface area contributed by atoms with Crippen LogP contribution in [0, 0.1) is 0 Å². The highest BCUT2D eigenvalue weighted by molar-refractivity contribution is 7.80. The topological polar surface area (TPSA) is 88.7 Å². The molecule has 166 valence electrons. The first-order valence-corrected chi connectivity index (χ1v) is 10.7. The van der Waals surface area contributed by atoms with Crippen molar-refractivity contribution in [3.8, 4) is 11.5 Å². The number of carbonyl (C=O) groups excluding carboxylic acids is 2. The van der Waals surface area contributed by atoms with Crippen LogP contribution < -0.4 is 25.6 Å². The Balaban J connectivity index is 1.75. The van der Waals surface area contributed by atoms with Crippen LogP contribution in [0.1, 0.15) is 59.7 Å². The van der Waals surface area contributed by atoms with Gasteiger partial charge in [0.15, 0.2) is 5.11 Å². The Morgan fingerprint density at radius 3 is 2.32 bits per heavy atom. The second-order valence-corrected chi connectivity index (χ2v) is 7.26. The molecule has 0 atom stereocenters. The monoisotopic (exact) mass is 443 g/mol. The van der Waals surface area contributed by atoms with Crippen LogP contribution in [0.3, 0.4) is 0 Å². The maximum Gasteiger partial charge on any atom is 0.273 e. The lowest BCUT2D eigenvalue weighted by Crippen LogP contribution is -2.48. The third-order valence-electron chi connectivity index (χ3n) is 4.50. The standard InChI is InChI=1S/C23H29N3O4S/c1-3-4-5-6-9-16-30-18-14-12-17(13-15-18)21(27)24-23(31)26-25-22(28)19-10-7-8-11-20(19)29-2/h7-8,10-15H,3-6,9,16H2,1-2H3,(H,25,28)(H2,24,26,27,31). The Bertz CT molecular complexity index is 871. The van der Waals surface area contributed by atoms with Crippen LogP contribution in [0.4, 0.5) is 0 Å². The largest absolute Gasteiger partial charge is 0.496 e. The molecular weight excluding hydrogens is 414 g/mol. The summed E-state index contributed by atoms with van der Waals surface area (Å²) < 4.78 is 10.9. The van der Waals surface area contributed by atoms with Crippen molar-refractivity contribution in [1.82, 2.24) is 16.2 Å². The van der Waals surface area contributed by atoms with Crippen LogP contribution in [0.5, 0.6) is 11.5 Å². The molecule has 0 aromatic heterocycles. The second-order valence-electron chi connectivity index (χ2n) is 6.85. The van der Waals surface area contributed by atoms with Crippen molar-refractivity contribution in [2.45, 2.75) is 39.0 Å². The van der Waals surface area contributed by atoms with Gasteiger partial charge in [-0.1, -0.05) is 44.7 Å². The van der Waals surface area contributed by atoms with E-state index in [-0.39, 0.29) is 5.11 Å². The molecule has 0 fully saturated rings. The molecule has 0 saturated carbocycles. The van der Waals surface area contributed by atoms with Gasteiger partial charge in [0.2, 0.25) is 0 Å². The Morgan fingerprint density at radius 1 is 0.903 bits per heavy atom. The normalized spacial score (nSPS) is 10.1. The van der Waals surface area contributed by atoms with E-state index in [0.29, 0.717) is 23.5 Å². The van der Waals surface area contributed by atoms with Crippen molar-refractivity contribution in [3.63, 3.8) is 0 Å². The van der Waals surface area contributed by atoms with Crippen LogP contribution in [0.15, 0.2) is 48.5 Å². The van der Waals surface area contributed by atoms with E-state index in [2.05, 4.69) is 23.1 Å². The summed E-state index contributed by atoms with van der Waals surface area (Å²) in [5.74, 6) is 0.317. The number of hydrogen-bond acceptors (Lipinski definition) is 5. The number of thiocarbonyl (C=S) groups is 1. The molecule has 2 amide bonds. The molecule has 2 aromatic carbocycles. The van der Waals surface area contributed by atoms with Crippen LogP contribution in [0.2, 0.25) is 0 Å². The van der Waals surface area contributed by atoms with Crippen molar-refractivity contribution in [1.29, 1.82) is 0 Å². The van der Waals surface area contributed by atoms with Gasteiger partial charge in [-0.2, -0.15) is 0 Å². The van der Waals surface area contributed by atoms with Gasteiger partial charge in [0.1, 0.15) is 11.5 Å². The maximum atomic E-state index is 12.3. The third-order valence-corrected chi connectivity index (χ3v) is 4.71. The molecule has 0 bridgehead atoms. The van der Waals surface area contributed by atoms with Gasteiger partial charge in [-0.25, -0.2) is 0 Å². The number of rotatable bonds is 10. The lowest BCUT2D eigenvalue weighted by Gasteiger charge is -2.12. The predicted molar refractivity (Wildman–Crippen MR) is 124 cm³/mol. The van der Waals surface area contributed by atoms with Crippen LogP contribution >= 0.6 is 12.2 Å². The van der Waals surface area contributed by atoms with E-state index in [9.17, 15) is 9.59 Å². The molecule has 0 aliphatic rings. The number of unbranched alkanes of at least 4 members (excludes halogenated alkanes) is 4. The van der Waals surface area contributed by atoms with Crippen molar-refractivity contribution in [3.05, 3.63) is 59.7 Å². The summed E-state index contributed by atoms with van der Waals surface area (Å²) in [5, 5.41) is 2.49. The number of hydrazine groups is 1. The minimum absolute atomic E-state index is 0.0272. The zero-order chi connectivity index (χ0) is 22.5. The molecule has 0 spiro atoms. The fourth-order valence-corrected chi connectivity index (χ4v) is 2.96. The van der Waals surface area contributed by atoms with Crippen molar-refractivity contribution in [2.75, 3.05) is 13.7 Å². The Labute approximate surface area is 188 Å². The first-order chi connectivity index (χ1) is 15.0. The van der Waals surface area contributed by atoms with E-state index in [0.717, 1.165) is 18.6 Å². The van der Waals surface area contributed by atoms with Gasteiger partial charge in [-0.3, -0.25) is 25.8 Å². The lowest BCUT2D eigenvalue weighted by atomic mass is 10.2. The molecule has 2 aromatic rings. The SMILES string of the molecule is CCCCCCCOc1ccc(C(=O)NC(=S)NNC(=O)c2ccccc2OC)cc1. The molecule has 31 heavy (non-hydrogen) atoms. The maximum absolute atomic E-state index is 12.3. The van der Waals surface area contributed by atoms with Crippen LogP contribution in [0.25, 0.3) is 0 Å². The van der Waals surface area contributed by atoms with Crippen molar-refractivity contribution < 1.29 is 19.1 Å². The van der Waals surface area contributed by atoms with E-state index in [1.54, 1.807) is 48.5 Å². The van der Waals surface area contributed by atoms with E-state index in [1.807, 2.05) is 0 Å². The quantitative estimate of drug-likeness (QED) is 0.292. The Hall–Kier alpha value is -3.13. The lowest BCUT2D eigenvalue weighted by molar-refractivity contribution is 0.0932. The molecule has 0 unspecified atom stereocenters. The highest BCUT2D eigenvalue weighted by Gasteiger charge is 2.13. The summed E-state index contributed by atoms with van der Waals surface area (Å²) in [6, 6.07) is 13.6. The van der Waals surface area contributed by atoms with Crippen molar-refractivity contribution in [2.24, 2.45) is 0 Å². The Kier molecular flexibility index (Phi) is 10.3. The molecule has 0 aliphatic carbocycles. The molecule has 0 radical (unpaired) electrons. The summed E-state index contributed by atoms with van der Waals surface area (Å²) in [6.07, 6.45) is 5.88. The number of benzene rings is 2. The molecule has 0 saturated heterocycles. The highest BCUT2D eigenvalue weighted by atomic mass is 32.1. The number of para-hydroxylation sites is 1. The average molecular weight is 444 g/mol. The number of nitrogens with one attached hydrogen (secondary N) is 3. The minimum Gasteiger partial charge on any atom is -0.496 e. The average Bonchev–Trinajstić information content (AvgIpc) is 2.80. The summed E-state index contributed by atoms with van der Waals surface area (Å²) in [4.78, 5) is 24.6. The number of amides is 2. The number of ether oxygens (including phenoxy) is 2. The first-order valence-electron chi connectivity index (χ1n) is 10.3. The van der Waals surface area contributed by atoms with Gasteiger partial charge in [-0.05, 0) is 55.0 Å². The number of hydrogen-bond donors (Lipinski definition) is 3. The fourth-order valence-electron chi connectivity index (χ4n) is 2.82. The van der Waals surface area contributed by atoms with E-state index in [1.165, 1.54) is 26.4 Å². The predicted octanol–water partition coefficient (Wildman–Crippen LogP) is 3.99. The van der Waals surface area contributed by atoms with Gasteiger partial charge >= 0.3 is 0 Å². The highest BCUT2D eigenvalue weighted by Crippen LogP contribution is 2.16. The molecule has 3 N–H and O–H groups in total. The van der Waals surface area contributed by atoms with Gasteiger partial charge in [0.25, 0.3) is 11.8 Å². The second kappa shape index (κ2) is 13.2. The third kappa shape index (κ3) is 8.25. The molecule has 8 heteroatoms. The number of carbonyl (C=O) groups is 2. The molecule has 7 nitrogen and oxygen atoms in total. The molecule has 0 aliphatic heterocycles. The minimum atomic E-state index is -0.440. The number of methoxy groups -OCH3 is 1. The first kappa shape index (κ1) is 24.1.